The van der Waals surface area contributed by atoms with Crippen molar-refractivity contribution in [3.8, 4) is 11.3 Å². The second-order valence-corrected chi connectivity index (χ2v) is 5.95. The van der Waals surface area contributed by atoms with Crippen molar-refractivity contribution in [1.82, 2.24) is 4.98 Å². The van der Waals surface area contributed by atoms with Gasteiger partial charge in [0, 0.05) is 17.7 Å². The topological polar surface area (TPSA) is 82.3 Å². The molecule has 0 atom stereocenters. The molecule has 1 aromatic heterocycles. The van der Waals surface area contributed by atoms with Crippen LogP contribution in [0.25, 0.3) is 11.3 Å². The van der Waals surface area contributed by atoms with Crippen molar-refractivity contribution in [2.24, 2.45) is 0 Å². The molecule has 0 amide bonds. The number of nitro groups is 1. The van der Waals surface area contributed by atoms with Gasteiger partial charge in [0.2, 0.25) is 0 Å². The molecule has 2 aromatic rings. The zero-order chi connectivity index (χ0) is 14.7. The minimum atomic E-state index is -0.491. The Morgan fingerprint density at radius 3 is 2.95 bits per heavy atom. The van der Waals surface area contributed by atoms with Crippen molar-refractivity contribution in [3.05, 3.63) is 43.2 Å². The number of carbonyl (C=O) groups excluding carboxylic acids is 1. The van der Waals surface area contributed by atoms with Crippen molar-refractivity contribution in [2.45, 2.75) is 6.92 Å². The number of rotatable bonds is 4. The van der Waals surface area contributed by atoms with Crippen LogP contribution in [0, 0.1) is 10.1 Å². The summed E-state index contributed by atoms with van der Waals surface area (Å²) in [4.78, 5) is 26.7. The highest BCUT2D eigenvalue weighted by Crippen LogP contribution is 2.33. The number of nitro benzene ring substituents is 1. The lowest BCUT2D eigenvalue weighted by Crippen LogP contribution is -2.04. The van der Waals surface area contributed by atoms with Gasteiger partial charge in [-0.15, -0.1) is 0 Å². The highest BCUT2D eigenvalue weighted by molar-refractivity contribution is 9.11. The predicted octanol–water partition coefficient (Wildman–Crippen LogP) is 3.66. The van der Waals surface area contributed by atoms with E-state index in [2.05, 4.69) is 20.9 Å². The SMILES string of the molecule is CCOC(=O)c1sc(Br)nc1-c1cccc([N+](=O)[O-])c1. The molecule has 0 N–H and O–H groups in total. The zero-order valence-electron chi connectivity index (χ0n) is 10.3. The molecule has 1 aromatic carbocycles. The predicted molar refractivity (Wildman–Crippen MR) is 77.9 cm³/mol. The number of benzene rings is 1. The van der Waals surface area contributed by atoms with Gasteiger partial charge in [0.1, 0.15) is 4.88 Å². The highest BCUT2D eigenvalue weighted by Gasteiger charge is 2.21. The van der Waals surface area contributed by atoms with Crippen LogP contribution in [0.5, 0.6) is 0 Å². The minimum Gasteiger partial charge on any atom is -0.462 e. The van der Waals surface area contributed by atoms with Crippen molar-refractivity contribution in [1.29, 1.82) is 0 Å². The third-order valence-electron chi connectivity index (χ3n) is 2.39. The normalized spacial score (nSPS) is 10.3. The van der Waals surface area contributed by atoms with Gasteiger partial charge in [0.25, 0.3) is 5.69 Å². The average molecular weight is 357 g/mol. The molecule has 1 heterocycles. The van der Waals surface area contributed by atoms with Crippen molar-refractivity contribution < 1.29 is 14.5 Å². The number of non-ortho nitro benzene ring substituents is 1. The zero-order valence-corrected chi connectivity index (χ0v) is 12.7. The Bertz CT molecular complexity index is 671. The molecule has 0 aliphatic carbocycles. The van der Waals surface area contributed by atoms with Gasteiger partial charge < -0.3 is 4.74 Å². The number of aromatic nitrogens is 1. The number of hydrogen-bond donors (Lipinski definition) is 0. The summed E-state index contributed by atoms with van der Waals surface area (Å²) in [6.07, 6.45) is 0. The molecule has 0 radical (unpaired) electrons. The molecule has 6 nitrogen and oxygen atoms in total. The Kier molecular flexibility index (Phi) is 4.46. The fourth-order valence-corrected chi connectivity index (χ4v) is 2.96. The highest BCUT2D eigenvalue weighted by atomic mass is 79.9. The Morgan fingerprint density at radius 1 is 1.55 bits per heavy atom. The van der Waals surface area contributed by atoms with Crippen molar-refractivity contribution >= 4 is 38.9 Å². The van der Waals surface area contributed by atoms with Gasteiger partial charge >= 0.3 is 5.97 Å². The minimum absolute atomic E-state index is 0.0542. The summed E-state index contributed by atoms with van der Waals surface area (Å²) in [6, 6.07) is 5.98. The summed E-state index contributed by atoms with van der Waals surface area (Å²) in [6.45, 7) is 1.96. The van der Waals surface area contributed by atoms with Crippen LogP contribution in [0.2, 0.25) is 0 Å². The average Bonchev–Trinajstić information content (AvgIpc) is 2.81. The first-order valence-electron chi connectivity index (χ1n) is 5.61. The lowest BCUT2D eigenvalue weighted by atomic mass is 10.1. The van der Waals surface area contributed by atoms with Gasteiger partial charge in [0.15, 0.2) is 3.92 Å². The Hall–Kier alpha value is -1.80. The molecule has 20 heavy (non-hydrogen) atoms. The number of hydrogen-bond acceptors (Lipinski definition) is 6. The van der Waals surface area contributed by atoms with E-state index in [0.29, 0.717) is 20.1 Å². The molecule has 104 valence electrons. The van der Waals surface area contributed by atoms with Crippen LogP contribution in [-0.2, 0) is 4.74 Å². The van der Waals surface area contributed by atoms with Crippen LogP contribution < -0.4 is 0 Å². The first kappa shape index (κ1) is 14.6. The summed E-state index contributed by atoms with van der Waals surface area (Å²) >= 11 is 4.35. The monoisotopic (exact) mass is 356 g/mol. The maximum Gasteiger partial charge on any atom is 0.350 e. The molecule has 0 unspecified atom stereocenters. The fourth-order valence-electron chi connectivity index (χ4n) is 1.59. The molecule has 2 rings (SSSR count). The van der Waals surface area contributed by atoms with E-state index < -0.39 is 10.9 Å². The molecule has 0 aliphatic rings. The Labute approximate surface area is 126 Å². The van der Waals surface area contributed by atoms with Gasteiger partial charge in [-0.25, -0.2) is 9.78 Å². The Morgan fingerprint density at radius 2 is 2.30 bits per heavy atom. The molecule has 0 bridgehead atoms. The summed E-state index contributed by atoms with van der Waals surface area (Å²) < 4.78 is 5.47. The summed E-state index contributed by atoms with van der Waals surface area (Å²) in [5.74, 6) is -0.489. The lowest BCUT2D eigenvalue weighted by molar-refractivity contribution is -0.384. The maximum atomic E-state index is 11.9. The van der Waals surface area contributed by atoms with E-state index in [1.165, 1.54) is 12.1 Å². The molecule has 0 saturated carbocycles. The number of carbonyl (C=O) groups is 1. The van der Waals surface area contributed by atoms with Gasteiger partial charge in [-0.05, 0) is 22.9 Å². The molecule has 0 saturated heterocycles. The molecule has 0 spiro atoms. The van der Waals surface area contributed by atoms with Crippen LogP contribution >= 0.6 is 27.3 Å². The number of halogens is 1. The fraction of sp³-hybridized carbons (Fsp3) is 0.167. The summed E-state index contributed by atoms with van der Waals surface area (Å²) in [5.41, 5.74) is 0.828. The van der Waals surface area contributed by atoms with E-state index in [9.17, 15) is 14.9 Å². The number of esters is 1. The number of ether oxygens (including phenoxy) is 1. The van der Waals surface area contributed by atoms with E-state index in [1.807, 2.05) is 0 Å². The Balaban J connectivity index is 2.49. The molecule has 0 aliphatic heterocycles. The van der Waals surface area contributed by atoms with E-state index in [0.717, 1.165) is 11.3 Å². The van der Waals surface area contributed by atoms with E-state index in [1.54, 1.807) is 19.1 Å². The maximum absolute atomic E-state index is 11.9. The standard InChI is InChI=1S/C12H9BrN2O4S/c1-2-19-11(16)10-9(14-12(13)20-10)7-4-3-5-8(6-7)15(17)18/h3-6H,2H2,1H3. The van der Waals surface area contributed by atoms with Crippen LogP contribution in [0.3, 0.4) is 0 Å². The second kappa shape index (κ2) is 6.10. The summed E-state index contributed by atoms with van der Waals surface area (Å²) in [7, 11) is 0. The first-order chi connectivity index (χ1) is 9.52. The van der Waals surface area contributed by atoms with Crippen LogP contribution in [0.15, 0.2) is 28.2 Å². The number of nitrogens with zero attached hydrogens (tertiary/aromatic N) is 2. The lowest BCUT2D eigenvalue weighted by Gasteiger charge is -2.02. The molecule has 8 heteroatoms. The first-order valence-corrected chi connectivity index (χ1v) is 7.22. The largest absolute Gasteiger partial charge is 0.462 e. The van der Waals surface area contributed by atoms with Gasteiger partial charge in [-0.1, -0.05) is 23.5 Å². The van der Waals surface area contributed by atoms with E-state index >= 15 is 0 Å². The third-order valence-corrected chi connectivity index (χ3v) is 3.88. The summed E-state index contributed by atoms with van der Waals surface area (Å²) in [5, 5.41) is 10.8. The molecule has 0 fully saturated rings. The van der Waals surface area contributed by atoms with Gasteiger partial charge in [-0.2, -0.15) is 0 Å². The van der Waals surface area contributed by atoms with E-state index in [4.69, 9.17) is 4.74 Å². The van der Waals surface area contributed by atoms with Crippen LogP contribution in [0.1, 0.15) is 16.6 Å². The van der Waals surface area contributed by atoms with Gasteiger partial charge in [-0.3, -0.25) is 10.1 Å². The van der Waals surface area contributed by atoms with Crippen LogP contribution in [0.4, 0.5) is 5.69 Å². The van der Waals surface area contributed by atoms with Gasteiger partial charge in [0.05, 0.1) is 17.2 Å². The van der Waals surface area contributed by atoms with Crippen molar-refractivity contribution in [2.75, 3.05) is 6.61 Å². The quantitative estimate of drug-likeness (QED) is 0.474. The molecular weight excluding hydrogens is 348 g/mol. The smallest absolute Gasteiger partial charge is 0.350 e. The molecular formula is C12H9BrN2O4S. The van der Waals surface area contributed by atoms with E-state index in [-0.39, 0.29) is 12.3 Å². The van der Waals surface area contributed by atoms with Crippen LogP contribution in [-0.4, -0.2) is 22.5 Å². The third kappa shape index (κ3) is 3.02. The second-order valence-electron chi connectivity index (χ2n) is 3.67. The number of thiazole rings is 1. The van der Waals surface area contributed by atoms with Crippen molar-refractivity contribution in [3.63, 3.8) is 0 Å².